The van der Waals surface area contributed by atoms with Gasteiger partial charge in [-0.05, 0) is 24.4 Å². The van der Waals surface area contributed by atoms with Gasteiger partial charge in [0.2, 0.25) is 0 Å². The fraction of sp³-hybridized carbons (Fsp3) is 0.533. The van der Waals surface area contributed by atoms with Gasteiger partial charge in [0.05, 0.1) is 5.92 Å². The van der Waals surface area contributed by atoms with Crippen molar-refractivity contribution in [3.63, 3.8) is 0 Å². The zero-order valence-corrected chi connectivity index (χ0v) is 12.1. The Hall–Kier alpha value is -1.76. The summed E-state index contributed by atoms with van der Waals surface area (Å²) in [6.45, 7) is -0.134. The van der Waals surface area contributed by atoms with E-state index >= 15 is 0 Å². The average molecular weight is 316 g/mol. The van der Waals surface area contributed by atoms with Crippen LogP contribution in [0.1, 0.15) is 12.0 Å². The van der Waals surface area contributed by atoms with Gasteiger partial charge in [-0.1, -0.05) is 30.3 Å². The summed E-state index contributed by atoms with van der Waals surface area (Å²) >= 11 is 0. The minimum absolute atomic E-state index is 0.0307. The van der Waals surface area contributed by atoms with Gasteiger partial charge < -0.3 is 15.4 Å². The van der Waals surface area contributed by atoms with E-state index in [4.69, 9.17) is 10.5 Å². The lowest BCUT2D eigenvalue weighted by atomic mass is 9.85. The molecule has 7 heteroatoms. The van der Waals surface area contributed by atoms with Gasteiger partial charge in [0.1, 0.15) is 6.61 Å². The summed E-state index contributed by atoms with van der Waals surface area (Å²) < 4.78 is 44.2. The van der Waals surface area contributed by atoms with Crippen molar-refractivity contribution in [3.8, 4) is 0 Å². The normalized spacial score (nSPS) is 22.5. The number of hydrogen-bond acceptors (Lipinski definition) is 3. The predicted molar refractivity (Wildman–Crippen MR) is 74.9 cm³/mol. The van der Waals surface area contributed by atoms with Crippen molar-refractivity contribution in [2.75, 3.05) is 19.6 Å². The molecule has 1 aliphatic rings. The highest BCUT2D eigenvalue weighted by Gasteiger charge is 2.47. The molecule has 2 unspecified atom stereocenters. The van der Waals surface area contributed by atoms with Crippen LogP contribution in [0.2, 0.25) is 0 Å². The molecule has 0 bridgehead atoms. The number of piperidine rings is 1. The second kappa shape index (κ2) is 7.00. The zero-order valence-electron chi connectivity index (χ0n) is 12.1. The number of carbonyl (C=O) groups is 1. The quantitative estimate of drug-likeness (QED) is 0.933. The van der Waals surface area contributed by atoms with Gasteiger partial charge in [-0.25, -0.2) is 4.79 Å². The van der Waals surface area contributed by atoms with Crippen molar-refractivity contribution in [2.24, 2.45) is 17.6 Å². The minimum Gasteiger partial charge on any atom is -0.445 e. The van der Waals surface area contributed by atoms with E-state index in [0.717, 1.165) is 10.5 Å². The highest BCUT2D eigenvalue weighted by Crippen LogP contribution is 2.36. The van der Waals surface area contributed by atoms with Crippen molar-refractivity contribution < 1.29 is 22.7 Å². The van der Waals surface area contributed by atoms with Gasteiger partial charge in [-0.2, -0.15) is 13.2 Å². The van der Waals surface area contributed by atoms with Crippen LogP contribution in [0.25, 0.3) is 0 Å². The number of nitrogens with zero attached hydrogens (tertiary/aromatic N) is 1. The first-order valence-electron chi connectivity index (χ1n) is 7.14. The molecule has 1 heterocycles. The Morgan fingerprint density at radius 2 is 2.00 bits per heavy atom. The van der Waals surface area contributed by atoms with E-state index in [1.165, 1.54) is 0 Å². The molecule has 0 aromatic heterocycles. The molecule has 1 fully saturated rings. The molecule has 0 saturated carbocycles. The summed E-state index contributed by atoms with van der Waals surface area (Å²) in [7, 11) is 0. The Bertz CT molecular complexity index is 493. The predicted octanol–water partition coefficient (Wildman–Crippen LogP) is 2.78. The maximum absolute atomic E-state index is 13.0. The van der Waals surface area contributed by atoms with E-state index in [-0.39, 0.29) is 32.7 Å². The summed E-state index contributed by atoms with van der Waals surface area (Å²) in [5.41, 5.74) is 6.20. The van der Waals surface area contributed by atoms with E-state index in [9.17, 15) is 18.0 Å². The summed E-state index contributed by atoms with van der Waals surface area (Å²) in [4.78, 5) is 13.1. The second-order valence-electron chi connectivity index (χ2n) is 5.42. The molecule has 0 aliphatic carbocycles. The molecule has 0 spiro atoms. The molecule has 1 aromatic rings. The number of amides is 1. The number of rotatable bonds is 3. The molecular formula is C15H19F3N2O2. The Morgan fingerprint density at radius 3 is 2.59 bits per heavy atom. The third-order valence-electron chi connectivity index (χ3n) is 3.94. The first kappa shape index (κ1) is 16.6. The molecule has 2 atom stereocenters. The standard InChI is InChI=1S/C15H19F3N2O2/c16-15(17,18)13-9-20(7-6-12(13)8-19)14(21)22-10-11-4-2-1-3-5-11/h1-5,12-13H,6-10,19H2. The summed E-state index contributed by atoms with van der Waals surface area (Å²) in [5, 5.41) is 0. The topological polar surface area (TPSA) is 55.6 Å². The number of carbonyl (C=O) groups excluding carboxylic acids is 1. The maximum atomic E-state index is 13.0. The molecule has 2 N–H and O–H groups in total. The SMILES string of the molecule is NCC1CCN(C(=O)OCc2ccccc2)CC1C(F)(F)F. The highest BCUT2D eigenvalue weighted by atomic mass is 19.4. The number of alkyl halides is 3. The monoisotopic (exact) mass is 316 g/mol. The van der Waals surface area contributed by atoms with E-state index in [1.807, 2.05) is 6.07 Å². The molecule has 1 amide bonds. The molecule has 2 rings (SSSR count). The van der Waals surface area contributed by atoms with E-state index in [1.54, 1.807) is 24.3 Å². The van der Waals surface area contributed by atoms with Crippen LogP contribution in [-0.2, 0) is 11.3 Å². The minimum atomic E-state index is -4.36. The van der Waals surface area contributed by atoms with Crippen LogP contribution in [0.15, 0.2) is 30.3 Å². The smallest absolute Gasteiger partial charge is 0.410 e. The molecular weight excluding hydrogens is 297 g/mol. The summed E-state index contributed by atoms with van der Waals surface area (Å²) in [6.07, 6.45) is -4.84. The van der Waals surface area contributed by atoms with E-state index in [2.05, 4.69) is 0 Å². The van der Waals surface area contributed by atoms with Crippen LogP contribution >= 0.6 is 0 Å². The molecule has 1 aliphatic heterocycles. The molecule has 122 valence electrons. The van der Waals surface area contributed by atoms with E-state index < -0.39 is 24.1 Å². The second-order valence-corrected chi connectivity index (χ2v) is 5.42. The van der Waals surface area contributed by atoms with Crippen molar-refractivity contribution in [1.29, 1.82) is 0 Å². The Labute approximate surface area is 127 Å². The molecule has 1 saturated heterocycles. The Balaban J connectivity index is 1.93. The number of likely N-dealkylation sites (tertiary alicyclic amines) is 1. The average Bonchev–Trinajstić information content (AvgIpc) is 2.52. The molecule has 4 nitrogen and oxygen atoms in total. The number of hydrogen-bond donors (Lipinski definition) is 1. The highest BCUT2D eigenvalue weighted by molar-refractivity contribution is 5.67. The molecule has 1 aromatic carbocycles. The first-order valence-corrected chi connectivity index (χ1v) is 7.14. The Morgan fingerprint density at radius 1 is 1.32 bits per heavy atom. The van der Waals surface area contributed by atoms with Crippen molar-refractivity contribution in [3.05, 3.63) is 35.9 Å². The van der Waals surface area contributed by atoms with Crippen LogP contribution in [-0.4, -0.2) is 36.8 Å². The molecule has 22 heavy (non-hydrogen) atoms. The summed E-state index contributed by atoms with van der Waals surface area (Å²) in [6, 6.07) is 9.00. The van der Waals surface area contributed by atoms with Crippen molar-refractivity contribution >= 4 is 6.09 Å². The number of ether oxygens (including phenoxy) is 1. The lowest BCUT2D eigenvalue weighted by Crippen LogP contribution is -2.50. The van der Waals surface area contributed by atoms with Gasteiger partial charge in [-0.3, -0.25) is 0 Å². The van der Waals surface area contributed by atoms with E-state index in [0.29, 0.717) is 0 Å². The van der Waals surface area contributed by atoms with Crippen LogP contribution in [0, 0.1) is 11.8 Å². The first-order chi connectivity index (χ1) is 10.4. The zero-order chi connectivity index (χ0) is 16.2. The van der Waals surface area contributed by atoms with Gasteiger partial charge >= 0.3 is 12.3 Å². The summed E-state index contributed by atoms with van der Waals surface area (Å²) in [5.74, 6) is -2.23. The van der Waals surface area contributed by atoms with Gasteiger partial charge in [0.15, 0.2) is 0 Å². The van der Waals surface area contributed by atoms with Crippen LogP contribution in [0.4, 0.5) is 18.0 Å². The van der Waals surface area contributed by atoms with Gasteiger partial charge in [0.25, 0.3) is 0 Å². The maximum Gasteiger partial charge on any atom is 0.410 e. The molecule has 0 radical (unpaired) electrons. The third-order valence-corrected chi connectivity index (χ3v) is 3.94. The lowest BCUT2D eigenvalue weighted by molar-refractivity contribution is -0.198. The Kier molecular flexibility index (Phi) is 5.28. The van der Waals surface area contributed by atoms with Crippen molar-refractivity contribution in [2.45, 2.75) is 19.2 Å². The van der Waals surface area contributed by atoms with Crippen LogP contribution < -0.4 is 5.73 Å². The lowest BCUT2D eigenvalue weighted by Gasteiger charge is -2.38. The number of nitrogens with two attached hydrogens (primary N) is 1. The van der Waals surface area contributed by atoms with Crippen LogP contribution in [0.3, 0.4) is 0 Å². The van der Waals surface area contributed by atoms with Gasteiger partial charge in [-0.15, -0.1) is 0 Å². The number of benzene rings is 1. The largest absolute Gasteiger partial charge is 0.445 e. The number of halogens is 3. The fourth-order valence-electron chi connectivity index (χ4n) is 2.63. The van der Waals surface area contributed by atoms with Gasteiger partial charge in [0, 0.05) is 13.1 Å². The fourth-order valence-corrected chi connectivity index (χ4v) is 2.63. The van der Waals surface area contributed by atoms with Crippen molar-refractivity contribution in [1.82, 2.24) is 4.90 Å². The van der Waals surface area contributed by atoms with Crippen LogP contribution in [0.5, 0.6) is 0 Å². The third kappa shape index (κ3) is 4.13.